The van der Waals surface area contributed by atoms with Gasteiger partial charge in [-0.25, -0.2) is 0 Å². The van der Waals surface area contributed by atoms with E-state index in [1.807, 2.05) is 31.8 Å². The maximum Gasteiger partial charge on any atom is 0.0403 e. The van der Waals surface area contributed by atoms with Crippen molar-refractivity contribution >= 4 is 18.0 Å². The summed E-state index contributed by atoms with van der Waals surface area (Å²) in [5, 5.41) is 0. The predicted molar refractivity (Wildman–Crippen MR) is 68.1 cm³/mol. The Hall–Kier alpha value is -0.540. The zero-order valence-corrected chi connectivity index (χ0v) is 10.4. The van der Waals surface area contributed by atoms with Crippen molar-refractivity contribution < 1.29 is 0 Å². The summed E-state index contributed by atoms with van der Waals surface area (Å²) in [6.07, 6.45) is 3.95. The van der Waals surface area contributed by atoms with Crippen LogP contribution in [0.5, 0.6) is 0 Å². The maximum absolute atomic E-state index is 4.17. The fourth-order valence-corrected chi connectivity index (χ4v) is 1.70. The van der Waals surface area contributed by atoms with Gasteiger partial charge in [0.2, 0.25) is 0 Å². The van der Waals surface area contributed by atoms with Crippen molar-refractivity contribution in [1.82, 2.24) is 4.90 Å². The molecule has 14 heavy (non-hydrogen) atoms. The molecule has 0 N–H and O–H groups in total. The van der Waals surface area contributed by atoms with Crippen LogP contribution >= 0.6 is 11.8 Å². The van der Waals surface area contributed by atoms with E-state index in [4.69, 9.17) is 0 Å². The fourth-order valence-electron chi connectivity index (χ4n) is 0.715. The smallest absolute Gasteiger partial charge is 0.0403 e. The number of hydrogen-bond acceptors (Lipinski definition) is 3. The zero-order valence-electron chi connectivity index (χ0n) is 9.58. The van der Waals surface area contributed by atoms with E-state index in [1.165, 1.54) is 4.91 Å². The third-order valence-electron chi connectivity index (χ3n) is 1.50. The lowest BCUT2D eigenvalue weighted by Crippen LogP contribution is -2.14. The lowest BCUT2D eigenvalue weighted by molar-refractivity contribution is 0.437. The Morgan fingerprint density at radius 3 is 2.57 bits per heavy atom. The van der Waals surface area contributed by atoms with Crippen LogP contribution in [-0.4, -0.2) is 37.5 Å². The zero-order chi connectivity index (χ0) is 11.0. The number of aliphatic imine (C=N–C) groups is 1. The molecule has 0 aromatic heterocycles. The van der Waals surface area contributed by atoms with Crippen LogP contribution in [0.2, 0.25) is 0 Å². The molecule has 0 aromatic carbocycles. The fraction of sp³-hybridized carbons (Fsp3) is 0.545. The largest absolute Gasteiger partial charge is 0.309 e. The van der Waals surface area contributed by atoms with Crippen molar-refractivity contribution in [2.45, 2.75) is 13.8 Å². The van der Waals surface area contributed by atoms with Gasteiger partial charge in [-0.05, 0) is 27.9 Å². The third kappa shape index (κ3) is 8.08. The summed E-state index contributed by atoms with van der Waals surface area (Å²) >= 11 is 1.82. The summed E-state index contributed by atoms with van der Waals surface area (Å²) < 4.78 is 0. The maximum atomic E-state index is 4.17. The number of rotatable bonds is 6. The van der Waals surface area contributed by atoms with Gasteiger partial charge in [0, 0.05) is 29.1 Å². The molecule has 0 aromatic rings. The molecule has 0 radical (unpaired) electrons. The van der Waals surface area contributed by atoms with E-state index in [-0.39, 0.29) is 0 Å². The first-order valence-corrected chi connectivity index (χ1v) is 5.68. The Kier molecular flexibility index (Phi) is 7.52. The SMILES string of the molecule is C=C(C)N=C/C(=C\C)SCCN(C)C. The van der Waals surface area contributed by atoms with Gasteiger partial charge in [0.15, 0.2) is 0 Å². The minimum Gasteiger partial charge on any atom is -0.309 e. The molecule has 0 heterocycles. The first-order valence-electron chi connectivity index (χ1n) is 4.69. The van der Waals surface area contributed by atoms with Crippen LogP contribution in [0.15, 0.2) is 28.2 Å². The summed E-state index contributed by atoms with van der Waals surface area (Å²) in [5.41, 5.74) is 0.845. The van der Waals surface area contributed by atoms with Gasteiger partial charge >= 0.3 is 0 Å². The number of thioether (sulfide) groups is 1. The normalized spacial score (nSPS) is 12.8. The highest BCUT2D eigenvalue weighted by Gasteiger charge is 1.94. The van der Waals surface area contributed by atoms with Crippen molar-refractivity contribution in [2.24, 2.45) is 4.99 Å². The molecule has 0 rings (SSSR count). The average Bonchev–Trinajstić information content (AvgIpc) is 2.10. The van der Waals surface area contributed by atoms with Gasteiger partial charge in [-0.2, -0.15) is 0 Å². The third-order valence-corrected chi connectivity index (χ3v) is 2.57. The van der Waals surface area contributed by atoms with Crippen molar-refractivity contribution in [2.75, 3.05) is 26.4 Å². The first kappa shape index (κ1) is 13.5. The molecule has 0 fully saturated rings. The molecule has 0 aliphatic carbocycles. The topological polar surface area (TPSA) is 15.6 Å². The second-order valence-electron chi connectivity index (χ2n) is 3.34. The summed E-state index contributed by atoms with van der Waals surface area (Å²) in [6, 6.07) is 0. The van der Waals surface area contributed by atoms with E-state index in [0.717, 1.165) is 18.0 Å². The molecule has 0 aliphatic heterocycles. The van der Waals surface area contributed by atoms with Crippen LogP contribution < -0.4 is 0 Å². The highest BCUT2D eigenvalue weighted by Crippen LogP contribution is 2.13. The van der Waals surface area contributed by atoms with Crippen molar-refractivity contribution in [1.29, 1.82) is 0 Å². The Balaban J connectivity index is 3.88. The molecule has 0 saturated heterocycles. The minimum absolute atomic E-state index is 0.845. The Bertz CT molecular complexity index is 229. The van der Waals surface area contributed by atoms with E-state index >= 15 is 0 Å². The molecule has 0 unspecified atom stereocenters. The molecule has 2 nitrogen and oxygen atoms in total. The summed E-state index contributed by atoms with van der Waals surface area (Å²) in [4.78, 5) is 7.55. The lowest BCUT2D eigenvalue weighted by atomic mass is 10.5. The summed E-state index contributed by atoms with van der Waals surface area (Å²) in [5.74, 6) is 1.09. The first-order chi connectivity index (χ1) is 6.56. The van der Waals surface area contributed by atoms with Crippen molar-refractivity contribution in [3.8, 4) is 0 Å². The van der Waals surface area contributed by atoms with Gasteiger partial charge in [-0.1, -0.05) is 12.7 Å². The van der Waals surface area contributed by atoms with Gasteiger partial charge < -0.3 is 4.90 Å². The van der Waals surface area contributed by atoms with Gasteiger partial charge in [0.25, 0.3) is 0 Å². The molecule has 0 bridgehead atoms. The highest BCUT2D eigenvalue weighted by molar-refractivity contribution is 8.03. The van der Waals surface area contributed by atoms with E-state index in [9.17, 15) is 0 Å². The number of allylic oxidation sites excluding steroid dienone is 3. The van der Waals surface area contributed by atoms with E-state index in [2.05, 4.69) is 36.6 Å². The van der Waals surface area contributed by atoms with Gasteiger partial charge in [-0.15, -0.1) is 11.8 Å². The Labute approximate surface area is 91.8 Å². The number of hydrogen-bond donors (Lipinski definition) is 0. The molecule has 3 heteroatoms. The molecular weight excluding hydrogens is 192 g/mol. The monoisotopic (exact) mass is 212 g/mol. The second kappa shape index (κ2) is 7.83. The number of nitrogens with zero attached hydrogens (tertiary/aromatic N) is 2. The molecule has 80 valence electrons. The molecule has 0 amide bonds. The van der Waals surface area contributed by atoms with Crippen LogP contribution in [-0.2, 0) is 0 Å². The van der Waals surface area contributed by atoms with Crippen LogP contribution in [0.4, 0.5) is 0 Å². The molecule has 0 saturated carbocycles. The van der Waals surface area contributed by atoms with Gasteiger partial charge in [-0.3, -0.25) is 4.99 Å². The standard InChI is InChI=1S/C11H20N2S/c1-6-11(9-12-10(2)3)14-8-7-13(4)5/h6,9H,2,7-8H2,1,3-5H3/b11-6+,12-9?. The molecular formula is C11H20N2S. The van der Waals surface area contributed by atoms with Crippen molar-refractivity contribution in [3.63, 3.8) is 0 Å². The van der Waals surface area contributed by atoms with E-state index in [1.54, 1.807) is 0 Å². The second-order valence-corrected chi connectivity index (χ2v) is 4.50. The predicted octanol–water partition coefficient (Wildman–Crippen LogP) is 2.79. The molecule has 0 aliphatic rings. The lowest BCUT2D eigenvalue weighted by Gasteiger charge is -2.08. The summed E-state index contributed by atoms with van der Waals surface area (Å²) in [7, 11) is 4.16. The molecule has 0 atom stereocenters. The van der Waals surface area contributed by atoms with E-state index < -0.39 is 0 Å². The molecule has 0 spiro atoms. The quantitative estimate of drug-likeness (QED) is 0.629. The van der Waals surface area contributed by atoms with Crippen molar-refractivity contribution in [3.05, 3.63) is 23.3 Å². The Morgan fingerprint density at radius 1 is 1.50 bits per heavy atom. The van der Waals surface area contributed by atoms with Crippen LogP contribution in [0.25, 0.3) is 0 Å². The minimum atomic E-state index is 0.845. The van der Waals surface area contributed by atoms with Gasteiger partial charge in [0.1, 0.15) is 0 Å². The highest BCUT2D eigenvalue weighted by atomic mass is 32.2. The average molecular weight is 212 g/mol. The van der Waals surface area contributed by atoms with E-state index in [0.29, 0.717) is 0 Å². The van der Waals surface area contributed by atoms with Gasteiger partial charge in [0.05, 0.1) is 0 Å². The Morgan fingerprint density at radius 2 is 2.14 bits per heavy atom. The van der Waals surface area contributed by atoms with Crippen LogP contribution in [0.3, 0.4) is 0 Å². The summed E-state index contributed by atoms with van der Waals surface area (Å²) in [6.45, 7) is 8.74. The van der Waals surface area contributed by atoms with Crippen LogP contribution in [0.1, 0.15) is 13.8 Å². The van der Waals surface area contributed by atoms with Crippen LogP contribution in [0, 0.1) is 0 Å².